The van der Waals surface area contributed by atoms with Crippen molar-refractivity contribution in [3.05, 3.63) is 42.0 Å². The first-order chi connectivity index (χ1) is 8.22. The first-order valence-electron chi connectivity index (χ1n) is 5.71. The molecule has 0 amide bonds. The summed E-state index contributed by atoms with van der Waals surface area (Å²) < 4.78 is 1.99. The van der Waals surface area contributed by atoms with Gasteiger partial charge in [-0.2, -0.15) is 0 Å². The Hall–Kier alpha value is -1.75. The fraction of sp³-hybridized carbons (Fsp3) is 0.417. The highest BCUT2D eigenvalue weighted by Crippen LogP contribution is 2.17. The maximum atomic E-state index is 4.42. The molecule has 0 aromatic carbocycles. The van der Waals surface area contributed by atoms with Gasteiger partial charge in [-0.3, -0.25) is 9.97 Å². The van der Waals surface area contributed by atoms with Crippen LogP contribution in [0.1, 0.15) is 30.2 Å². The Balaban J connectivity index is 2.35. The lowest BCUT2D eigenvalue weighted by molar-refractivity contribution is 0.562. The van der Waals surface area contributed by atoms with Gasteiger partial charge in [0.05, 0.1) is 17.6 Å². The molecule has 1 N–H and O–H groups in total. The molecule has 0 aliphatic heterocycles. The normalized spacial score (nSPS) is 12.6. The summed E-state index contributed by atoms with van der Waals surface area (Å²) in [6.07, 6.45) is 7.31. The first-order valence-corrected chi connectivity index (χ1v) is 5.71. The lowest BCUT2D eigenvalue weighted by atomic mass is 10.2. The van der Waals surface area contributed by atoms with Crippen LogP contribution in [0.25, 0.3) is 0 Å². The smallest absolute Gasteiger partial charge is 0.131 e. The van der Waals surface area contributed by atoms with E-state index in [0.29, 0.717) is 0 Å². The Morgan fingerprint density at radius 2 is 2.12 bits per heavy atom. The number of rotatable bonds is 4. The number of hydrogen-bond acceptors (Lipinski definition) is 4. The molecule has 0 radical (unpaired) electrons. The number of hydrogen-bond donors (Lipinski definition) is 1. The molecular weight excluding hydrogens is 214 g/mol. The van der Waals surface area contributed by atoms with Crippen LogP contribution in [0.2, 0.25) is 0 Å². The molecule has 2 rings (SSSR count). The molecule has 5 nitrogen and oxygen atoms in total. The first kappa shape index (κ1) is 11.7. The second-order valence-corrected chi connectivity index (χ2v) is 3.97. The maximum absolute atomic E-state index is 4.42. The number of nitrogens with zero attached hydrogens (tertiary/aromatic N) is 4. The minimum Gasteiger partial charge on any atom is -0.336 e. The summed E-state index contributed by atoms with van der Waals surface area (Å²) >= 11 is 0. The molecule has 0 spiro atoms. The second kappa shape index (κ2) is 5.05. The summed E-state index contributed by atoms with van der Waals surface area (Å²) in [6, 6.07) is -0.00639. The van der Waals surface area contributed by atoms with Crippen molar-refractivity contribution >= 4 is 0 Å². The summed E-state index contributed by atoms with van der Waals surface area (Å²) in [5, 5.41) is 3.38. The van der Waals surface area contributed by atoms with Gasteiger partial charge in [0.15, 0.2) is 0 Å². The van der Waals surface area contributed by atoms with Crippen LogP contribution in [0.15, 0.2) is 24.8 Å². The Labute approximate surface area is 101 Å². The Morgan fingerprint density at radius 3 is 2.65 bits per heavy atom. The standard InChI is InChI=1S/C12H17N5/c1-4-13-11(12-14-5-6-17(12)3)10-8-15-9(2)7-16-10/h5-8,11,13H,4H2,1-3H3. The molecule has 90 valence electrons. The van der Waals surface area contributed by atoms with Crippen molar-refractivity contribution in [2.75, 3.05) is 6.54 Å². The van der Waals surface area contributed by atoms with Gasteiger partial charge in [-0.1, -0.05) is 6.92 Å². The second-order valence-electron chi connectivity index (χ2n) is 3.97. The van der Waals surface area contributed by atoms with E-state index in [1.54, 1.807) is 18.6 Å². The maximum Gasteiger partial charge on any atom is 0.131 e. The van der Waals surface area contributed by atoms with Crippen LogP contribution in [0, 0.1) is 6.92 Å². The lowest BCUT2D eigenvalue weighted by Gasteiger charge is -2.16. The zero-order chi connectivity index (χ0) is 12.3. The third-order valence-corrected chi connectivity index (χ3v) is 2.62. The van der Waals surface area contributed by atoms with E-state index >= 15 is 0 Å². The van der Waals surface area contributed by atoms with E-state index in [1.165, 1.54) is 0 Å². The molecule has 2 heterocycles. The fourth-order valence-electron chi connectivity index (χ4n) is 1.74. The van der Waals surface area contributed by atoms with E-state index < -0.39 is 0 Å². The highest BCUT2D eigenvalue weighted by molar-refractivity contribution is 5.16. The highest BCUT2D eigenvalue weighted by Gasteiger charge is 2.18. The van der Waals surface area contributed by atoms with Gasteiger partial charge in [0.25, 0.3) is 0 Å². The highest BCUT2D eigenvalue weighted by atomic mass is 15.1. The van der Waals surface area contributed by atoms with Crippen LogP contribution < -0.4 is 5.32 Å². The van der Waals surface area contributed by atoms with Crippen LogP contribution in [-0.4, -0.2) is 26.1 Å². The third-order valence-electron chi connectivity index (χ3n) is 2.62. The molecule has 0 saturated carbocycles. The SMILES string of the molecule is CCNC(c1cnc(C)cn1)c1nccn1C. The van der Waals surface area contributed by atoms with Gasteiger partial charge in [-0.05, 0) is 13.5 Å². The van der Waals surface area contributed by atoms with Crippen molar-refractivity contribution in [2.45, 2.75) is 19.9 Å². The van der Waals surface area contributed by atoms with Gasteiger partial charge in [0.2, 0.25) is 0 Å². The Morgan fingerprint density at radius 1 is 1.29 bits per heavy atom. The predicted molar refractivity (Wildman–Crippen MR) is 65.5 cm³/mol. The largest absolute Gasteiger partial charge is 0.336 e. The average molecular weight is 231 g/mol. The van der Waals surface area contributed by atoms with Gasteiger partial charge in [-0.25, -0.2) is 4.98 Å². The van der Waals surface area contributed by atoms with Gasteiger partial charge >= 0.3 is 0 Å². The van der Waals surface area contributed by atoms with E-state index in [9.17, 15) is 0 Å². The van der Waals surface area contributed by atoms with E-state index in [4.69, 9.17) is 0 Å². The summed E-state index contributed by atoms with van der Waals surface area (Å²) in [7, 11) is 1.98. The Bertz CT molecular complexity index is 474. The van der Waals surface area contributed by atoms with Crippen LogP contribution in [-0.2, 0) is 7.05 Å². The van der Waals surface area contributed by atoms with Crippen LogP contribution in [0.3, 0.4) is 0 Å². The molecular formula is C12H17N5. The number of aromatic nitrogens is 4. The van der Waals surface area contributed by atoms with E-state index in [0.717, 1.165) is 23.8 Å². The molecule has 0 aliphatic rings. The number of nitrogens with one attached hydrogen (secondary N) is 1. The molecule has 5 heteroatoms. The van der Waals surface area contributed by atoms with Crippen molar-refractivity contribution in [2.24, 2.45) is 7.05 Å². The molecule has 0 saturated heterocycles. The molecule has 0 fully saturated rings. The van der Waals surface area contributed by atoms with Gasteiger partial charge < -0.3 is 9.88 Å². The summed E-state index contributed by atoms with van der Waals surface area (Å²) in [5.74, 6) is 0.949. The number of imidazole rings is 1. The minimum atomic E-state index is -0.00639. The average Bonchev–Trinajstić information content (AvgIpc) is 2.74. The van der Waals surface area contributed by atoms with Gasteiger partial charge in [0.1, 0.15) is 11.9 Å². The molecule has 0 aliphatic carbocycles. The Kier molecular flexibility index (Phi) is 3.49. The zero-order valence-corrected chi connectivity index (χ0v) is 10.4. The van der Waals surface area contributed by atoms with Crippen molar-refractivity contribution in [1.82, 2.24) is 24.8 Å². The fourth-order valence-corrected chi connectivity index (χ4v) is 1.74. The van der Waals surface area contributed by atoms with E-state index in [2.05, 4.69) is 27.2 Å². The molecule has 2 aromatic heterocycles. The summed E-state index contributed by atoms with van der Waals surface area (Å²) in [6.45, 7) is 4.85. The molecule has 1 atom stereocenters. The minimum absolute atomic E-state index is 0.00639. The molecule has 17 heavy (non-hydrogen) atoms. The van der Waals surface area contributed by atoms with Gasteiger partial charge in [-0.15, -0.1) is 0 Å². The predicted octanol–water partition coefficient (Wildman–Crippen LogP) is 1.22. The number of aryl methyl sites for hydroxylation is 2. The lowest BCUT2D eigenvalue weighted by Crippen LogP contribution is -2.25. The monoisotopic (exact) mass is 231 g/mol. The van der Waals surface area contributed by atoms with Crippen molar-refractivity contribution in [1.29, 1.82) is 0 Å². The van der Waals surface area contributed by atoms with Crippen molar-refractivity contribution < 1.29 is 0 Å². The van der Waals surface area contributed by atoms with Crippen molar-refractivity contribution in [3.8, 4) is 0 Å². The molecule has 2 aromatic rings. The third kappa shape index (κ3) is 2.50. The van der Waals surface area contributed by atoms with E-state index in [-0.39, 0.29) is 6.04 Å². The molecule has 1 unspecified atom stereocenters. The van der Waals surface area contributed by atoms with Crippen LogP contribution >= 0.6 is 0 Å². The van der Waals surface area contributed by atoms with Gasteiger partial charge in [0, 0.05) is 25.6 Å². The quantitative estimate of drug-likeness (QED) is 0.859. The van der Waals surface area contributed by atoms with Crippen LogP contribution in [0.5, 0.6) is 0 Å². The summed E-state index contributed by atoms with van der Waals surface area (Å²) in [5.41, 5.74) is 1.82. The topological polar surface area (TPSA) is 55.6 Å². The molecule has 0 bridgehead atoms. The van der Waals surface area contributed by atoms with E-state index in [1.807, 2.05) is 24.7 Å². The van der Waals surface area contributed by atoms with Crippen LogP contribution in [0.4, 0.5) is 0 Å². The summed E-state index contributed by atoms with van der Waals surface area (Å²) in [4.78, 5) is 13.1. The van der Waals surface area contributed by atoms with Crippen molar-refractivity contribution in [3.63, 3.8) is 0 Å². The zero-order valence-electron chi connectivity index (χ0n) is 10.4.